The van der Waals surface area contributed by atoms with Gasteiger partial charge < -0.3 is 11.1 Å². The maximum absolute atomic E-state index is 13.1. The van der Waals surface area contributed by atoms with E-state index in [-0.39, 0.29) is 11.9 Å². The number of halogens is 1. The normalized spacial score (nSPS) is 12.1. The minimum atomic E-state index is -0.233. The predicted octanol–water partition coefficient (Wildman–Crippen LogP) is 3.20. The molecule has 0 amide bonds. The minimum Gasteiger partial charge on any atom is -0.381 e. The molecule has 1 atom stereocenters. The van der Waals surface area contributed by atoms with Crippen molar-refractivity contribution in [3.8, 4) is 0 Å². The monoisotopic (exact) mass is 258 g/mol. The fourth-order valence-electron chi connectivity index (χ4n) is 2.05. The zero-order valence-electron chi connectivity index (χ0n) is 10.9. The van der Waals surface area contributed by atoms with Gasteiger partial charge in [-0.2, -0.15) is 0 Å². The lowest BCUT2D eigenvalue weighted by atomic mass is 10.1. The molecule has 0 saturated carbocycles. The molecule has 2 nitrogen and oxygen atoms in total. The van der Waals surface area contributed by atoms with Crippen LogP contribution in [0.15, 0.2) is 54.6 Å². The molecular weight excluding hydrogens is 239 g/mol. The summed E-state index contributed by atoms with van der Waals surface area (Å²) in [5.74, 6) is -0.233. The second-order valence-electron chi connectivity index (χ2n) is 4.61. The fraction of sp³-hybridized carbons (Fsp3) is 0.250. The van der Waals surface area contributed by atoms with Gasteiger partial charge in [-0.3, -0.25) is 0 Å². The first-order valence-electron chi connectivity index (χ1n) is 6.54. The van der Waals surface area contributed by atoms with Crippen LogP contribution in [0.2, 0.25) is 0 Å². The van der Waals surface area contributed by atoms with Gasteiger partial charge in [-0.25, -0.2) is 4.39 Å². The largest absolute Gasteiger partial charge is 0.381 e. The third-order valence-corrected chi connectivity index (χ3v) is 3.10. The van der Waals surface area contributed by atoms with E-state index in [0.717, 1.165) is 18.5 Å². The minimum absolute atomic E-state index is 0.155. The molecule has 0 aliphatic carbocycles. The van der Waals surface area contributed by atoms with Crippen molar-refractivity contribution < 1.29 is 4.39 Å². The van der Waals surface area contributed by atoms with Crippen LogP contribution >= 0.6 is 0 Å². The van der Waals surface area contributed by atoms with Crippen LogP contribution in [0.1, 0.15) is 12.0 Å². The van der Waals surface area contributed by atoms with E-state index in [1.54, 1.807) is 6.07 Å². The van der Waals surface area contributed by atoms with Crippen LogP contribution < -0.4 is 11.1 Å². The Morgan fingerprint density at radius 1 is 1.05 bits per heavy atom. The van der Waals surface area contributed by atoms with Crippen LogP contribution in [-0.4, -0.2) is 12.6 Å². The number of hydrogen-bond acceptors (Lipinski definition) is 2. The first kappa shape index (κ1) is 13.6. The molecule has 0 aliphatic rings. The molecule has 2 aromatic rings. The molecule has 2 rings (SSSR count). The van der Waals surface area contributed by atoms with Gasteiger partial charge in [-0.1, -0.05) is 36.4 Å². The Balaban J connectivity index is 1.90. The first-order valence-corrected chi connectivity index (χ1v) is 6.54. The van der Waals surface area contributed by atoms with Gasteiger partial charge in [0.2, 0.25) is 0 Å². The molecule has 3 N–H and O–H groups in total. The highest BCUT2D eigenvalue weighted by Gasteiger charge is 2.07. The summed E-state index contributed by atoms with van der Waals surface area (Å²) in [5, 5.41) is 3.27. The third kappa shape index (κ3) is 4.38. The van der Waals surface area contributed by atoms with E-state index in [1.165, 1.54) is 17.7 Å². The number of nitrogens with two attached hydrogens (primary N) is 1. The van der Waals surface area contributed by atoms with Crippen molar-refractivity contribution in [2.45, 2.75) is 18.9 Å². The maximum atomic E-state index is 13.1. The standard InChI is InChI=1S/C16H19FN2/c17-14-7-4-8-15(11-14)19-16(12-18)10-9-13-5-2-1-3-6-13/h1-8,11,16,19H,9-10,12,18H2. The second kappa shape index (κ2) is 6.90. The number of hydrogen-bond donors (Lipinski definition) is 2. The van der Waals surface area contributed by atoms with E-state index in [1.807, 2.05) is 24.3 Å². The topological polar surface area (TPSA) is 38.0 Å². The summed E-state index contributed by atoms with van der Waals surface area (Å²) in [6.07, 6.45) is 1.89. The molecule has 0 radical (unpaired) electrons. The van der Waals surface area contributed by atoms with E-state index in [4.69, 9.17) is 5.73 Å². The number of benzene rings is 2. The SMILES string of the molecule is NCC(CCc1ccccc1)Nc1cccc(F)c1. The maximum Gasteiger partial charge on any atom is 0.125 e. The van der Waals surface area contributed by atoms with Crippen molar-refractivity contribution in [3.05, 3.63) is 66.0 Å². The number of nitrogens with one attached hydrogen (secondary N) is 1. The van der Waals surface area contributed by atoms with E-state index in [2.05, 4.69) is 17.4 Å². The molecule has 0 fully saturated rings. The predicted molar refractivity (Wildman–Crippen MR) is 77.6 cm³/mol. The Labute approximate surface area is 113 Å². The lowest BCUT2D eigenvalue weighted by Gasteiger charge is -2.18. The summed E-state index contributed by atoms with van der Waals surface area (Å²) in [6.45, 7) is 0.531. The molecule has 100 valence electrons. The molecule has 0 aromatic heterocycles. The van der Waals surface area contributed by atoms with Gasteiger partial charge in [0.1, 0.15) is 5.82 Å². The van der Waals surface area contributed by atoms with Gasteiger partial charge in [0, 0.05) is 18.3 Å². The molecule has 0 aliphatic heterocycles. The molecular formula is C16H19FN2. The van der Waals surface area contributed by atoms with E-state index in [0.29, 0.717) is 6.54 Å². The molecule has 0 bridgehead atoms. The molecule has 19 heavy (non-hydrogen) atoms. The summed E-state index contributed by atoms with van der Waals surface area (Å²) in [7, 11) is 0. The average Bonchev–Trinajstić information content (AvgIpc) is 2.44. The highest BCUT2D eigenvalue weighted by Crippen LogP contribution is 2.13. The third-order valence-electron chi connectivity index (χ3n) is 3.10. The number of aryl methyl sites for hydroxylation is 1. The van der Waals surface area contributed by atoms with Gasteiger partial charge in [-0.05, 0) is 36.6 Å². The molecule has 0 saturated heterocycles. The summed E-state index contributed by atoms with van der Waals surface area (Å²) < 4.78 is 13.1. The summed E-state index contributed by atoms with van der Waals surface area (Å²) in [4.78, 5) is 0. The van der Waals surface area contributed by atoms with Gasteiger partial charge >= 0.3 is 0 Å². The fourth-order valence-corrected chi connectivity index (χ4v) is 2.05. The lowest BCUT2D eigenvalue weighted by Crippen LogP contribution is -2.29. The highest BCUT2D eigenvalue weighted by atomic mass is 19.1. The molecule has 1 unspecified atom stereocenters. The number of anilines is 1. The Hall–Kier alpha value is -1.87. The van der Waals surface area contributed by atoms with E-state index < -0.39 is 0 Å². The Morgan fingerprint density at radius 2 is 1.84 bits per heavy atom. The van der Waals surface area contributed by atoms with Crippen LogP contribution in [0, 0.1) is 5.82 Å². The van der Waals surface area contributed by atoms with Crippen LogP contribution in [0.4, 0.5) is 10.1 Å². The first-order chi connectivity index (χ1) is 9.28. The lowest BCUT2D eigenvalue weighted by molar-refractivity contribution is 0.625. The van der Waals surface area contributed by atoms with Crippen LogP contribution in [0.3, 0.4) is 0 Å². The van der Waals surface area contributed by atoms with Gasteiger partial charge in [0.05, 0.1) is 0 Å². The summed E-state index contributed by atoms with van der Waals surface area (Å²) >= 11 is 0. The molecule has 2 aromatic carbocycles. The molecule has 0 heterocycles. The van der Waals surface area contributed by atoms with E-state index in [9.17, 15) is 4.39 Å². The Morgan fingerprint density at radius 3 is 2.53 bits per heavy atom. The average molecular weight is 258 g/mol. The Bertz CT molecular complexity index is 499. The Kier molecular flexibility index (Phi) is 4.93. The van der Waals surface area contributed by atoms with Crippen molar-refractivity contribution in [1.82, 2.24) is 0 Å². The van der Waals surface area contributed by atoms with Gasteiger partial charge in [-0.15, -0.1) is 0 Å². The van der Waals surface area contributed by atoms with Crippen molar-refractivity contribution in [3.63, 3.8) is 0 Å². The van der Waals surface area contributed by atoms with Crippen molar-refractivity contribution in [2.24, 2.45) is 5.73 Å². The van der Waals surface area contributed by atoms with Gasteiger partial charge in [0.25, 0.3) is 0 Å². The summed E-state index contributed by atoms with van der Waals surface area (Å²) in [6, 6.07) is 16.9. The van der Waals surface area contributed by atoms with Crippen molar-refractivity contribution >= 4 is 5.69 Å². The zero-order valence-corrected chi connectivity index (χ0v) is 10.9. The van der Waals surface area contributed by atoms with Crippen molar-refractivity contribution in [1.29, 1.82) is 0 Å². The molecule has 3 heteroatoms. The smallest absolute Gasteiger partial charge is 0.125 e. The van der Waals surface area contributed by atoms with Crippen LogP contribution in [0.25, 0.3) is 0 Å². The quantitative estimate of drug-likeness (QED) is 0.835. The van der Waals surface area contributed by atoms with Crippen molar-refractivity contribution in [2.75, 3.05) is 11.9 Å². The number of rotatable bonds is 6. The van der Waals surface area contributed by atoms with Crippen LogP contribution in [0.5, 0.6) is 0 Å². The van der Waals surface area contributed by atoms with E-state index >= 15 is 0 Å². The zero-order chi connectivity index (χ0) is 13.5. The van der Waals surface area contributed by atoms with Gasteiger partial charge in [0.15, 0.2) is 0 Å². The second-order valence-corrected chi connectivity index (χ2v) is 4.61. The summed E-state index contributed by atoms with van der Waals surface area (Å²) in [5.41, 5.74) is 7.84. The van der Waals surface area contributed by atoms with Crippen LogP contribution in [-0.2, 0) is 6.42 Å². The molecule has 0 spiro atoms. The highest BCUT2D eigenvalue weighted by molar-refractivity contribution is 5.44.